The van der Waals surface area contributed by atoms with Gasteiger partial charge in [0.2, 0.25) is 5.88 Å². The van der Waals surface area contributed by atoms with Crippen molar-refractivity contribution < 1.29 is 23.8 Å². The van der Waals surface area contributed by atoms with E-state index in [4.69, 9.17) is 14.2 Å². The number of anilines is 1. The molecule has 25 heavy (non-hydrogen) atoms. The monoisotopic (exact) mass is 351 g/mol. The number of carbonyl (C=O) groups is 2. The minimum Gasteiger partial charge on any atom is -0.475 e. The second-order valence-corrected chi connectivity index (χ2v) is 5.69. The van der Waals surface area contributed by atoms with Crippen LogP contribution in [0.3, 0.4) is 0 Å². The van der Waals surface area contributed by atoms with E-state index in [0.29, 0.717) is 44.5 Å². The third-order valence-electron chi connectivity index (χ3n) is 3.85. The maximum atomic E-state index is 12.4. The number of hydrogen-bond acceptors (Lipinski definition) is 6. The first kappa shape index (κ1) is 19.0. The Kier molecular flexibility index (Phi) is 7.46. The van der Waals surface area contributed by atoms with Gasteiger partial charge in [0.05, 0.1) is 31.0 Å². The molecule has 8 nitrogen and oxygen atoms in total. The zero-order chi connectivity index (χ0) is 18.1. The highest BCUT2D eigenvalue weighted by Crippen LogP contribution is 2.19. The van der Waals surface area contributed by atoms with Gasteiger partial charge in [0.15, 0.2) is 0 Å². The van der Waals surface area contributed by atoms with Crippen molar-refractivity contribution in [2.45, 2.75) is 19.8 Å². The second-order valence-electron chi connectivity index (χ2n) is 5.69. The fourth-order valence-corrected chi connectivity index (χ4v) is 2.59. The zero-order valence-electron chi connectivity index (χ0n) is 14.7. The molecule has 1 aromatic heterocycles. The van der Waals surface area contributed by atoms with Gasteiger partial charge in [0.1, 0.15) is 6.61 Å². The van der Waals surface area contributed by atoms with Gasteiger partial charge in [-0.3, -0.25) is 4.79 Å². The summed E-state index contributed by atoms with van der Waals surface area (Å²) in [6.07, 6.45) is 3.06. The first-order valence-corrected chi connectivity index (χ1v) is 8.44. The number of hydrogen-bond donors (Lipinski definition) is 1. The summed E-state index contributed by atoms with van der Waals surface area (Å²) in [4.78, 5) is 30.0. The lowest BCUT2D eigenvalue weighted by Crippen LogP contribution is -2.44. The van der Waals surface area contributed by atoms with Crippen molar-refractivity contribution in [3.05, 3.63) is 18.3 Å². The van der Waals surface area contributed by atoms with Crippen LogP contribution >= 0.6 is 0 Å². The summed E-state index contributed by atoms with van der Waals surface area (Å²) in [5.41, 5.74) is 0.572. The number of carbonyl (C=O) groups excluding carboxylic acids is 2. The van der Waals surface area contributed by atoms with E-state index in [0.717, 1.165) is 12.8 Å². The first-order valence-electron chi connectivity index (χ1n) is 8.44. The Bertz CT molecular complexity index is 564. The number of rotatable bonds is 7. The number of likely N-dealkylation sites (tertiary alicyclic amines) is 1. The minimum absolute atomic E-state index is 0.237. The van der Waals surface area contributed by atoms with Crippen LogP contribution < -0.4 is 10.1 Å². The van der Waals surface area contributed by atoms with Crippen molar-refractivity contribution in [2.24, 2.45) is 5.92 Å². The van der Waals surface area contributed by atoms with Crippen LogP contribution in [0, 0.1) is 5.92 Å². The molecule has 1 atom stereocenters. The summed E-state index contributed by atoms with van der Waals surface area (Å²) in [7, 11) is 1.60. The van der Waals surface area contributed by atoms with Crippen LogP contribution in [0.5, 0.6) is 5.88 Å². The summed E-state index contributed by atoms with van der Waals surface area (Å²) >= 11 is 0. The molecule has 8 heteroatoms. The SMILES string of the molecule is CCOC(=O)C1CCCN(C(=O)Nc2ccc(OCCOC)nc2)C1. The van der Waals surface area contributed by atoms with Gasteiger partial charge in [-0.15, -0.1) is 0 Å². The minimum atomic E-state index is -0.255. The molecule has 0 saturated carbocycles. The number of ether oxygens (including phenoxy) is 3. The van der Waals surface area contributed by atoms with Crippen LogP contribution in [-0.4, -0.2) is 61.9 Å². The molecule has 2 heterocycles. The van der Waals surface area contributed by atoms with Gasteiger partial charge in [-0.2, -0.15) is 0 Å². The maximum Gasteiger partial charge on any atom is 0.321 e. The maximum absolute atomic E-state index is 12.4. The molecule has 2 rings (SSSR count). The molecule has 1 saturated heterocycles. The number of urea groups is 1. The number of esters is 1. The Morgan fingerprint density at radius 1 is 1.36 bits per heavy atom. The van der Waals surface area contributed by atoms with Crippen molar-refractivity contribution in [3.8, 4) is 5.88 Å². The molecular weight excluding hydrogens is 326 g/mol. The van der Waals surface area contributed by atoms with E-state index >= 15 is 0 Å². The van der Waals surface area contributed by atoms with Gasteiger partial charge in [-0.1, -0.05) is 0 Å². The molecule has 0 aliphatic carbocycles. The van der Waals surface area contributed by atoms with E-state index in [1.165, 1.54) is 6.20 Å². The third-order valence-corrected chi connectivity index (χ3v) is 3.85. The number of piperidine rings is 1. The molecule has 1 aromatic rings. The van der Waals surface area contributed by atoms with Gasteiger partial charge in [0, 0.05) is 26.3 Å². The van der Waals surface area contributed by atoms with E-state index in [1.54, 1.807) is 31.1 Å². The Morgan fingerprint density at radius 3 is 2.88 bits per heavy atom. The molecule has 0 radical (unpaired) electrons. The van der Waals surface area contributed by atoms with E-state index in [-0.39, 0.29) is 17.9 Å². The molecule has 0 spiro atoms. The van der Waals surface area contributed by atoms with Gasteiger partial charge in [-0.05, 0) is 25.8 Å². The molecule has 1 aliphatic heterocycles. The largest absolute Gasteiger partial charge is 0.475 e. The summed E-state index contributed by atoms with van der Waals surface area (Å²) in [6, 6.07) is 3.16. The third kappa shape index (κ3) is 5.90. The fraction of sp³-hybridized carbons (Fsp3) is 0.588. The van der Waals surface area contributed by atoms with E-state index < -0.39 is 0 Å². The molecular formula is C17H25N3O5. The van der Waals surface area contributed by atoms with E-state index in [2.05, 4.69) is 10.3 Å². The molecule has 1 aliphatic rings. The van der Waals surface area contributed by atoms with E-state index in [9.17, 15) is 9.59 Å². The van der Waals surface area contributed by atoms with Crippen molar-refractivity contribution in [3.63, 3.8) is 0 Å². The van der Waals surface area contributed by atoms with Crippen molar-refractivity contribution in [1.82, 2.24) is 9.88 Å². The highest BCUT2D eigenvalue weighted by atomic mass is 16.5. The number of methoxy groups -OCH3 is 1. The van der Waals surface area contributed by atoms with Crippen LogP contribution in [0.25, 0.3) is 0 Å². The molecule has 0 bridgehead atoms. The molecule has 1 fully saturated rings. The highest BCUT2D eigenvalue weighted by molar-refractivity contribution is 5.89. The van der Waals surface area contributed by atoms with Gasteiger partial charge in [-0.25, -0.2) is 9.78 Å². The molecule has 138 valence electrons. The van der Waals surface area contributed by atoms with E-state index in [1.807, 2.05) is 0 Å². The number of nitrogens with zero attached hydrogens (tertiary/aromatic N) is 2. The Labute approximate surface area is 147 Å². The summed E-state index contributed by atoms with van der Waals surface area (Å²) < 4.78 is 15.3. The van der Waals surface area contributed by atoms with Gasteiger partial charge >= 0.3 is 12.0 Å². The van der Waals surface area contributed by atoms with Crippen molar-refractivity contribution in [2.75, 3.05) is 45.3 Å². The highest BCUT2D eigenvalue weighted by Gasteiger charge is 2.29. The average molecular weight is 351 g/mol. The quantitative estimate of drug-likeness (QED) is 0.596. The lowest BCUT2D eigenvalue weighted by atomic mass is 9.98. The number of pyridine rings is 1. The molecule has 2 amide bonds. The van der Waals surface area contributed by atoms with Gasteiger partial charge in [0.25, 0.3) is 0 Å². The lowest BCUT2D eigenvalue weighted by Gasteiger charge is -2.31. The lowest BCUT2D eigenvalue weighted by molar-refractivity contribution is -0.149. The van der Waals surface area contributed by atoms with Crippen LogP contribution in [0.15, 0.2) is 18.3 Å². The Morgan fingerprint density at radius 2 is 2.20 bits per heavy atom. The standard InChI is InChI=1S/C17H25N3O5/c1-3-24-16(21)13-5-4-8-20(12-13)17(22)19-14-6-7-15(18-11-14)25-10-9-23-2/h6-7,11,13H,3-5,8-10,12H2,1-2H3,(H,19,22). The second kappa shape index (κ2) is 9.83. The molecule has 1 unspecified atom stereocenters. The normalized spacial score (nSPS) is 17.0. The first-order chi connectivity index (χ1) is 12.1. The van der Waals surface area contributed by atoms with Crippen molar-refractivity contribution in [1.29, 1.82) is 0 Å². The van der Waals surface area contributed by atoms with Crippen LogP contribution in [0.2, 0.25) is 0 Å². The van der Waals surface area contributed by atoms with Gasteiger partial charge < -0.3 is 24.4 Å². The summed E-state index contributed by atoms with van der Waals surface area (Å²) in [5.74, 6) is -0.0243. The zero-order valence-corrected chi connectivity index (χ0v) is 14.7. The predicted molar refractivity (Wildman–Crippen MR) is 91.6 cm³/mol. The van der Waals surface area contributed by atoms with Crippen LogP contribution in [0.4, 0.5) is 10.5 Å². The summed E-state index contributed by atoms with van der Waals surface area (Å²) in [6.45, 7) is 4.02. The number of aromatic nitrogens is 1. The molecule has 0 aromatic carbocycles. The number of amides is 2. The van der Waals surface area contributed by atoms with Crippen LogP contribution in [-0.2, 0) is 14.3 Å². The average Bonchev–Trinajstić information content (AvgIpc) is 2.63. The Hall–Kier alpha value is -2.35. The summed E-state index contributed by atoms with van der Waals surface area (Å²) in [5, 5.41) is 2.79. The number of nitrogens with one attached hydrogen (secondary N) is 1. The predicted octanol–water partition coefficient (Wildman–Crippen LogP) is 1.91. The topological polar surface area (TPSA) is 90.0 Å². The van der Waals surface area contributed by atoms with Crippen molar-refractivity contribution >= 4 is 17.7 Å². The smallest absolute Gasteiger partial charge is 0.321 e. The Balaban J connectivity index is 1.85. The van der Waals surface area contributed by atoms with Crippen LogP contribution in [0.1, 0.15) is 19.8 Å². The molecule has 1 N–H and O–H groups in total. The fourth-order valence-electron chi connectivity index (χ4n) is 2.59.